The van der Waals surface area contributed by atoms with Crippen LogP contribution in [-0.2, 0) is 17.6 Å². The van der Waals surface area contributed by atoms with E-state index < -0.39 is 11.5 Å². The quantitative estimate of drug-likeness (QED) is 0.690. The highest BCUT2D eigenvalue weighted by Crippen LogP contribution is 2.51. The van der Waals surface area contributed by atoms with Crippen LogP contribution < -0.4 is 25.0 Å². The number of amides is 1. The van der Waals surface area contributed by atoms with Crippen LogP contribution in [0, 0.1) is 0 Å². The molecule has 1 aliphatic rings. The number of carbonyl (C=O) groups is 1. The zero-order valence-electron chi connectivity index (χ0n) is 18.2. The molecule has 2 aromatic rings. The molecule has 0 heterocycles. The Morgan fingerprint density at radius 3 is 2.52 bits per heavy atom. The van der Waals surface area contributed by atoms with Gasteiger partial charge in [0, 0.05) is 18.1 Å². The van der Waals surface area contributed by atoms with Crippen LogP contribution in [-0.4, -0.2) is 32.3 Å². The van der Waals surface area contributed by atoms with Gasteiger partial charge in [-0.25, -0.2) is 0 Å². The zero-order valence-corrected chi connectivity index (χ0v) is 18.2. The summed E-state index contributed by atoms with van der Waals surface area (Å²) in [5.41, 5.74) is 2.93. The topological polar surface area (TPSA) is 94.1 Å². The highest BCUT2D eigenvalue weighted by Gasteiger charge is 2.31. The lowest BCUT2D eigenvalue weighted by Gasteiger charge is -2.22. The molecule has 164 valence electrons. The van der Waals surface area contributed by atoms with Crippen LogP contribution >= 0.6 is 0 Å². The lowest BCUT2D eigenvalue weighted by Crippen LogP contribution is -2.27. The fraction of sp³-hybridized carbons (Fsp3) is 0.333. The van der Waals surface area contributed by atoms with Gasteiger partial charge in [-0.2, -0.15) is 0 Å². The van der Waals surface area contributed by atoms with Crippen LogP contribution in [0.15, 0.2) is 35.6 Å². The first-order valence-corrected chi connectivity index (χ1v) is 9.97. The number of fused-ring (bicyclic) bond motifs is 3. The van der Waals surface area contributed by atoms with E-state index in [1.165, 1.54) is 27.2 Å². The molecule has 7 heteroatoms. The molecule has 0 aliphatic heterocycles. The van der Waals surface area contributed by atoms with E-state index in [4.69, 9.17) is 14.2 Å². The highest BCUT2D eigenvalue weighted by molar-refractivity contribution is 5.84. The summed E-state index contributed by atoms with van der Waals surface area (Å²) in [5.74, 6) is 0.859. The second kappa shape index (κ2) is 9.12. The van der Waals surface area contributed by atoms with Crippen molar-refractivity contribution in [3.05, 3.63) is 57.8 Å². The molecule has 0 unspecified atom stereocenters. The smallest absolute Gasteiger partial charge is 0.220 e. The van der Waals surface area contributed by atoms with Crippen LogP contribution in [0.4, 0.5) is 0 Å². The molecule has 2 aromatic carbocycles. The van der Waals surface area contributed by atoms with Crippen molar-refractivity contribution in [2.45, 2.75) is 32.2 Å². The number of allylic oxidation sites excluding steroid dienone is 1. The van der Waals surface area contributed by atoms with Crippen molar-refractivity contribution < 1.29 is 24.1 Å². The summed E-state index contributed by atoms with van der Waals surface area (Å²) in [6.45, 7) is 5.22. The van der Waals surface area contributed by atoms with Gasteiger partial charge >= 0.3 is 0 Å². The molecule has 1 amide bonds. The number of methoxy groups -OCH3 is 3. The zero-order chi connectivity index (χ0) is 22.7. The molecular formula is C24H27NO6. The van der Waals surface area contributed by atoms with E-state index in [1.54, 1.807) is 19.3 Å². The van der Waals surface area contributed by atoms with Gasteiger partial charge in [-0.15, -0.1) is 6.58 Å². The van der Waals surface area contributed by atoms with E-state index in [0.29, 0.717) is 46.8 Å². The van der Waals surface area contributed by atoms with Crippen LogP contribution in [0.2, 0.25) is 0 Å². The molecule has 0 radical (unpaired) electrons. The summed E-state index contributed by atoms with van der Waals surface area (Å²) in [4.78, 5) is 24.5. The molecule has 0 bridgehead atoms. The third kappa shape index (κ3) is 3.95. The van der Waals surface area contributed by atoms with Gasteiger partial charge < -0.3 is 24.6 Å². The first-order valence-electron chi connectivity index (χ1n) is 9.97. The van der Waals surface area contributed by atoms with Gasteiger partial charge in [-0.1, -0.05) is 6.08 Å². The number of rotatable bonds is 6. The Bertz CT molecular complexity index is 1090. The summed E-state index contributed by atoms with van der Waals surface area (Å²) < 4.78 is 16.8. The summed E-state index contributed by atoms with van der Waals surface area (Å²) in [5, 5.41) is 13.7. The van der Waals surface area contributed by atoms with Gasteiger partial charge in [0.15, 0.2) is 17.2 Å². The fourth-order valence-corrected chi connectivity index (χ4v) is 4.27. The second-order valence-electron chi connectivity index (χ2n) is 7.32. The summed E-state index contributed by atoms with van der Waals surface area (Å²) in [6.07, 6.45) is 3.05. The van der Waals surface area contributed by atoms with E-state index in [0.717, 1.165) is 11.1 Å². The first kappa shape index (κ1) is 22.2. The average Bonchev–Trinajstić information content (AvgIpc) is 2.97. The highest BCUT2D eigenvalue weighted by atomic mass is 16.5. The van der Waals surface area contributed by atoms with E-state index in [1.807, 2.05) is 6.07 Å². The Balaban J connectivity index is 2.52. The molecule has 1 atom stereocenters. The Kier molecular flexibility index (Phi) is 6.53. The van der Waals surface area contributed by atoms with Gasteiger partial charge in [0.25, 0.3) is 0 Å². The van der Waals surface area contributed by atoms with Gasteiger partial charge in [0.1, 0.15) is 0 Å². The number of ether oxygens (including phenoxy) is 3. The first-order chi connectivity index (χ1) is 14.9. The lowest BCUT2D eigenvalue weighted by molar-refractivity contribution is -0.119. The van der Waals surface area contributed by atoms with Crippen molar-refractivity contribution in [1.82, 2.24) is 5.32 Å². The summed E-state index contributed by atoms with van der Waals surface area (Å²) in [7, 11) is 4.62. The van der Waals surface area contributed by atoms with Crippen LogP contribution in [0.3, 0.4) is 0 Å². The summed E-state index contributed by atoms with van der Waals surface area (Å²) >= 11 is 0. The molecule has 31 heavy (non-hydrogen) atoms. The Hall–Kier alpha value is -3.48. The van der Waals surface area contributed by atoms with Crippen molar-refractivity contribution in [3.63, 3.8) is 0 Å². The number of aromatic hydroxyl groups is 1. The Morgan fingerprint density at radius 2 is 1.94 bits per heavy atom. The van der Waals surface area contributed by atoms with Crippen LogP contribution in [0.1, 0.15) is 36.1 Å². The predicted octanol–water partition coefficient (Wildman–Crippen LogP) is 3.30. The molecule has 2 N–H and O–H groups in total. The number of aryl methyl sites for hydroxylation is 1. The third-order valence-electron chi connectivity index (χ3n) is 5.49. The van der Waals surface area contributed by atoms with E-state index >= 15 is 0 Å². The number of nitrogens with one attached hydrogen (secondary N) is 1. The monoisotopic (exact) mass is 425 g/mol. The Morgan fingerprint density at radius 1 is 1.23 bits per heavy atom. The van der Waals surface area contributed by atoms with Gasteiger partial charge in [0.2, 0.25) is 17.1 Å². The van der Waals surface area contributed by atoms with Gasteiger partial charge in [0.05, 0.1) is 27.4 Å². The standard InChI is InChI=1S/C24H27NO6/c1-6-7-16-21-15(9-11-18(27)22(16)28)20-14(8-10-17(21)25-13(2)26)12-19(29-3)23(30-4)24(20)31-5/h6,9,11-12,17H,1,7-8,10H2,2-5H3,(H,25,26)(H,27,28)/t17-/m1/s1. The van der Waals surface area contributed by atoms with Crippen LogP contribution in [0.25, 0.3) is 11.1 Å². The van der Waals surface area contributed by atoms with Crippen molar-refractivity contribution in [1.29, 1.82) is 0 Å². The molecule has 0 spiro atoms. The Labute approximate surface area is 181 Å². The average molecular weight is 425 g/mol. The van der Waals surface area contributed by atoms with Crippen LogP contribution in [0.5, 0.6) is 23.0 Å². The SMILES string of the molecule is C=CCc1c2c(ccc(=O)c1O)-c1c(cc(OC)c(OC)c1OC)CC[C@H]2NC(C)=O. The second-order valence-corrected chi connectivity index (χ2v) is 7.32. The van der Waals surface area contributed by atoms with Crippen molar-refractivity contribution in [2.24, 2.45) is 0 Å². The minimum atomic E-state index is -0.507. The number of hydrogen-bond acceptors (Lipinski definition) is 6. The van der Waals surface area contributed by atoms with Crippen molar-refractivity contribution in [2.75, 3.05) is 21.3 Å². The maximum absolute atomic E-state index is 12.5. The normalized spacial score (nSPS) is 14.5. The fourth-order valence-electron chi connectivity index (χ4n) is 4.27. The van der Waals surface area contributed by atoms with Crippen molar-refractivity contribution in [3.8, 4) is 34.1 Å². The lowest BCUT2D eigenvalue weighted by atomic mass is 9.91. The minimum absolute atomic E-state index is 0.207. The molecule has 0 saturated heterocycles. The maximum atomic E-state index is 12.5. The molecule has 0 fully saturated rings. The molecule has 1 aliphatic carbocycles. The largest absolute Gasteiger partial charge is 0.504 e. The van der Waals surface area contributed by atoms with E-state index in [9.17, 15) is 14.7 Å². The van der Waals surface area contributed by atoms with Gasteiger partial charge in [-0.3, -0.25) is 9.59 Å². The van der Waals surface area contributed by atoms with Gasteiger partial charge in [-0.05, 0) is 54.2 Å². The molecule has 0 saturated carbocycles. The third-order valence-corrected chi connectivity index (χ3v) is 5.49. The maximum Gasteiger partial charge on any atom is 0.220 e. The molecule has 7 nitrogen and oxygen atoms in total. The number of carbonyl (C=O) groups excluding carboxylic acids is 1. The van der Waals surface area contributed by atoms with E-state index in [2.05, 4.69) is 11.9 Å². The predicted molar refractivity (Wildman–Crippen MR) is 118 cm³/mol. The van der Waals surface area contributed by atoms with E-state index in [-0.39, 0.29) is 18.1 Å². The summed E-state index contributed by atoms with van der Waals surface area (Å²) in [6, 6.07) is 4.46. The minimum Gasteiger partial charge on any atom is -0.504 e. The van der Waals surface area contributed by atoms with Crippen molar-refractivity contribution >= 4 is 5.91 Å². The molecule has 0 aromatic heterocycles. The molecular weight excluding hydrogens is 398 g/mol. The number of hydrogen-bond donors (Lipinski definition) is 2. The molecule has 3 rings (SSSR count). The number of benzene rings is 1.